The zero-order valence-corrected chi connectivity index (χ0v) is 16.7. The molecule has 0 bridgehead atoms. The Morgan fingerprint density at radius 3 is 2.70 bits per heavy atom. The summed E-state index contributed by atoms with van der Waals surface area (Å²) >= 11 is 0. The highest BCUT2D eigenvalue weighted by molar-refractivity contribution is 7.89. The molecule has 3 rings (SSSR count). The number of hydrogen-bond donors (Lipinski definition) is 1. The van der Waals surface area contributed by atoms with Crippen molar-refractivity contribution in [1.29, 1.82) is 0 Å². The maximum atomic E-state index is 12.8. The van der Waals surface area contributed by atoms with Crippen molar-refractivity contribution >= 4 is 15.9 Å². The number of hydrogen-bond acceptors (Lipinski definition) is 5. The van der Waals surface area contributed by atoms with Gasteiger partial charge in [-0.3, -0.25) is 4.79 Å². The first-order chi connectivity index (χ1) is 12.9. The maximum Gasteiger partial charge on any atom is 0.251 e. The minimum atomic E-state index is -3.63. The lowest BCUT2D eigenvalue weighted by Crippen LogP contribution is -2.31. The molecule has 1 aliphatic heterocycles. The minimum absolute atomic E-state index is 0.169. The summed E-state index contributed by atoms with van der Waals surface area (Å²) in [7, 11) is -3.63. The van der Waals surface area contributed by atoms with Gasteiger partial charge in [-0.2, -0.15) is 4.31 Å². The first-order valence-electron chi connectivity index (χ1n) is 9.18. The van der Waals surface area contributed by atoms with E-state index in [1.807, 2.05) is 4.57 Å². The fourth-order valence-corrected chi connectivity index (χ4v) is 5.03. The molecule has 1 amide bonds. The lowest BCUT2D eigenvalue weighted by atomic mass is 10.1. The Morgan fingerprint density at radius 2 is 2.00 bits per heavy atom. The predicted molar refractivity (Wildman–Crippen MR) is 101 cm³/mol. The fraction of sp³-hybridized carbons (Fsp3) is 0.500. The molecular formula is C18H25N5O3S. The highest BCUT2D eigenvalue weighted by Crippen LogP contribution is 2.21. The van der Waals surface area contributed by atoms with Crippen molar-refractivity contribution in [3.05, 3.63) is 41.0 Å². The number of carbonyl (C=O) groups is 1. The van der Waals surface area contributed by atoms with Gasteiger partial charge < -0.3 is 9.88 Å². The van der Waals surface area contributed by atoms with Crippen LogP contribution < -0.4 is 5.32 Å². The van der Waals surface area contributed by atoms with E-state index >= 15 is 0 Å². The van der Waals surface area contributed by atoms with Crippen LogP contribution in [0.5, 0.6) is 0 Å². The van der Waals surface area contributed by atoms with Gasteiger partial charge in [-0.15, -0.1) is 10.2 Å². The number of fused-ring (bicyclic) bond motifs is 1. The van der Waals surface area contributed by atoms with Crippen molar-refractivity contribution in [2.45, 2.75) is 51.6 Å². The van der Waals surface area contributed by atoms with Gasteiger partial charge >= 0.3 is 0 Å². The van der Waals surface area contributed by atoms with E-state index in [0.29, 0.717) is 24.2 Å². The number of rotatable bonds is 7. The summed E-state index contributed by atoms with van der Waals surface area (Å²) < 4.78 is 29.1. The Labute approximate surface area is 159 Å². The molecule has 0 saturated carbocycles. The molecule has 1 aliphatic rings. The molecule has 2 heterocycles. The van der Waals surface area contributed by atoms with Crippen LogP contribution in [0, 0.1) is 6.92 Å². The molecule has 9 heteroatoms. The molecule has 1 aromatic carbocycles. The molecule has 0 spiro atoms. The summed E-state index contributed by atoms with van der Waals surface area (Å²) in [5, 5.41) is 11.1. The Morgan fingerprint density at radius 1 is 1.26 bits per heavy atom. The van der Waals surface area contributed by atoms with Crippen molar-refractivity contribution in [2.24, 2.45) is 0 Å². The first kappa shape index (κ1) is 19.5. The number of nitrogens with one attached hydrogen (secondary N) is 1. The van der Waals surface area contributed by atoms with Gasteiger partial charge in [0.05, 0.1) is 11.4 Å². The quantitative estimate of drug-likeness (QED) is 0.771. The van der Waals surface area contributed by atoms with E-state index in [2.05, 4.69) is 15.5 Å². The van der Waals surface area contributed by atoms with E-state index in [-0.39, 0.29) is 17.3 Å². The zero-order chi connectivity index (χ0) is 19.6. The SMILES string of the molecule is CCN(CC)S(=O)(=O)c1cc(C(=O)NCc2nnc3n2CCC3)ccc1C. The van der Waals surface area contributed by atoms with Gasteiger partial charge in [-0.1, -0.05) is 19.9 Å². The molecule has 27 heavy (non-hydrogen) atoms. The van der Waals surface area contributed by atoms with E-state index in [0.717, 1.165) is 31.0 Å². The van der Waals surface area contributed by atoms with Crippen LogP contribution in [0.3, 0.4) is 0 Å². The number of aryl methyl sites for hydroxylation is 2. The Kier molecular flexibility index (Phi) is 5.61. The number of carbonyl (C=O) groups excluding carboxylic acids is 1. The van der Waals surface area contributed by atoms with E-state index in [9.17, 15) is 13.2 Å². The summed E-state index contributed by atoms with van der Waals surface area (Å²) in [5.41, 5.74) is 0.932. The van der Waals surface area contributed by atoms with Gasteiger partial charge in [-0.05, 0) is 31.0 Å². The van der Waals surface area contributed by atoms with Gasteiger partial charge in [0.2, 0.25) is 10.0 Å². The number of benzene rings is 1. The van der Waals surface area contributed by atoms with Crippen LogP contribution in [0.1, 0.15) is 47.8 Å². The molecular weight excluding hydrogens is 366 g/mol. The van der Waals surface area contributed by atoms with E-state index in [4.69, 9.17) is 0 Å². The zero-order valence-electron chi connectivity index (χ0n) is 15.9. The van der Waals surface area contributed by atoms with Crippen LogP contribution in [-0.2, 0) is 29.5 Å². The average molecular weight is 391 g/mol. The van der Waals surface area contributed by atoms with Gasteiger partial charge in [0.25, 0.3) is 5.91 Å². The van der Waals surface area contributed by atoms with Crippen LogP contribution in [0.2, 0.25) is 0 Å². The summed E-state index contributed by atoms with van der Waals surface area (Å²) in [5.74, 6) is 1.34. The van der Waals surface area contributed by atoms with Crippen molar-refractivity contribution < 1.29 is 13.2 Å². The summed E-state index contributed by atoms with van der Waals surface area (Å²) in [6.45, 7) is 7.22. The van der Waals surface area contributed by atoms with Gasteiger partial charge in [-0.25, -0.2) is 8.42 Å². The molecule has 0 atom stereocenters. The molecule has 2 aromatic rings. The standard InChI is InChI=1S/C18H25N5O3S/c1-4-22(5-2)27(25,26)15-11-14(9-8-13(15)3)18(24)19-12-17-21-20-16-7-6-10-23(16)17/h8-9,11H,4-7,10,12H2,1-3H3,(H,19,24). The van der Waals surface area contributed by atoms with E-state index in [1.165, 1.54) is 10.4 Å². The van der Waals surface area contributed by atoms with Gasteiger partial charge in [0.1, 0.15) is 5.82 Å². The predicted octanol–water partition coefficient (Wildman–Crippen LogP) is 1.49. The van der Waals surface area contributed by atoms with Gasteiger partial charge in [0.15, 0.2) is 5.82 Å². The first-order valence-corrected chi connectivity index (χ1v) is 10.6. The lowest BCUT2D eigenvalue weighted by molar-refractivity contribution is 0.0949. The molecule has 146 valence electrons. The third-order valence-electron chi connectivity index (χ3n) is 4.87. The normalized spacial score (nSPS) is 13.8. The van der Waals surface area contributed by atoms with Crippen LogP contribution in [0.15, 0.2) is 23.1 Å². The number of sulfonamides is 1. The second-order valence-corrected chi connectivity index (χ2v) is 8.45. The third kappa shape index (κ3) is 3.74. The summed E-state index contributed by atoms with van der Waals surface area (Å²) in [6, 6.07) is 4.76. The van der Waals surface area contributed by atoms with Crippen molar-refractivity contribution in [2.75, 3.05) is 13.1 Å². The third-order valence-corrected chi connectivity index (χ3v) is 7.06. The summed E-state index contributed by atoms with van der Waals surface area (Å²) in [4.78, 5) is 12.7. The Bertz CT molecular complexity index is 948. The molecule has 0 fully saturated rings. The topological polar surface area (TPSA) is 97.2 Å². The number of nitrogens with zero attached hydrogens (tertiary/aromatic N) is 4. The second-order valence-electron chi connectivity index (χ2n) is 6.54. The number of aromatic nitrogens is 3. The van der Waals surface area contributed by atoms with Crippen LogP contribution in [0.4, 0.5) is 0 Å². The smallest absolute Gasteiger partial charge is 0.251 e. The number of amides is 1. The van der Waals surface area contributed by atoms with Crippen molar-refractivity contribution in [3.8, 4) is 0 Å². The average Bonchev–Trinajstić information content (AvgIpc) is 3.24. The summed E-state index contributed by atoms with van der Waals surface area (Å²) in [6.07, 6.45) is 1.95. The van der Waals surface area contributed by atoms with Crippen molar-refractivity contribution in [3.63, 3.8) is 0 Å². The van der Waals surface area contributed by atoms with Crippen LogP contribution in [0.25, 0.3) is 0 Å². The molecule has 0 saturated heterocycles. The largest absolute Gasteiger partial charge is 0.345 e. The lowest BCUT2D eigenvalue weighted by Gasteiger charge is -2.20. The minimum Gasteiger partial charge on any atom is -0.345 e. The van der Waals surface area contributed by atoms with Gasteiger partial charge in [0, 0.05) is 31.6 Å². The highest BCUT2D eigenvalue weighted by Gasteiger charge is 2.25. The molecule has 0 aliphatic carbocycles. The molecule has 0 radical (unpaired) electrons. The van der Waals surface area contributed by atoms with E-state index in [1.54, 1.807) is 32.9 Å². The van der Waals surface area contributed by atoms with Crippen molar-refractivity contribution in [1.82, 2.24) is 24.4 Å². The maximum absolute atomic E-state index is 12.8. The second kappa shape index (κ2) is 7.77. The molecule has 1 N–H and O–H groups in total. The fourth-order valence-electron chi connectivity index (χ4n) is 3.32. The Hall–Kier alpha value is -2.26. The molecule has 1 aromatic heterocycles. The molecule has 8 nitrogen and oxygen atoms in total. The Balaban J connectivity index is 1.79. The van der Waals surface area contributed by atoms with E-state index < -0.39 is 10.0 Å². The van der Waals surface area contributed by atoms with Crippen LogP contribution >= 0.6 is 0 Å². The highest BCUT2D eigenvalue weighted by atomic mass is 32.2. The van der Waals surface area contributed by atoms with Crippen LogP contribution in [-0.4, -0.2) is 46.5 Å². The molecule has 0 unspecified atom stereocenters. The monoisotopic (exact) mass is 391 g/mol.